The monoisotopic (exact) mass is 230 g/mol. The van der Waals surface area contributed by atoms with Crippen LogP contribution in [0.2, 0.25) is 0 Å². The SMILES string of the molecule is CCOC(=O)CC(=O)CCCCC(=O)OC. The number of rotatable bonds is 8. The molecule has 0 atom stereocenters. The summed E-state index contributed by atoms with van der Waals surface area (Å²) in [5, 5.41) is 0. The minimum absolute atomic E-state index is 0.150. The Hall–Kier alpha value is -1.39. The van der Waals surface area contributed by atoms with E-state index in [4.69, 9.17) is 0 Å². The van der Waals surface area contributed by atoms with E-state index in [-0.39, 0.29) is 24.8 Å². The number of methoxy groups -OCH3 is 1. The summed E-state index contributed by atoms with van der Waals surface area (Å²) in [5.74, 6) is -0.915. The summed E-state index contributed by atoms with van der Waals surface area (Å²) in [5.41, 5.74) is 0. The molecule has 5 heteroatoms. The molecule has 0 unspecified atom stereocenters. The quantitative estimate of drug-likeness (QED) is 0.356. The van der Waals surface area contributed by atoms with Crippen LogP contribution in [0.1, 0.15) is 39.0 Å². The predicted octanol–water partition coefficient (Wildman–Crippen LogP) is 1.24. The van der Waals surface area contributed by atoms with Gasteiger partial charge in [-0.2, -0.15) is 0 Å². The summed E-state index contributed by atoms with van der Waals surface area (Å²) in [6.07, 6.45) is 1.62. The molecule has 0 aromatic carbocycles. The Balaban J connectivity index is 3.51. The van der Waals surface area contributed by atoms with E-state index in [0.717, 1.165) is 0 Å². The molecule has 0 saturated heterocycles. The van der Waals surface area contributed by atoms with E-state index in [1.807, 2.05) is 0 Å². The van der Waals surface area contributed by atoms with Crippen molar-refractivity contribution >= 4 is 17.7 Å². The topological polar surface area (TPSA) is 69.7 Å². The molecule has 0 spiro atoms. The van der Waals surface area contributed by atoms with Crippen LogP contribution in [0.25, 0.3) is 0 Å². The van der Waals surface area contributed by atoms with Gasteiger partial charge in [0.05, 0.1) is 13.7 Å². The molecule has 0 rings (SSSR count). The van der Waals surface area contributed by atoms with Crippen LogP contribution in [-0.4, -0.2) is 31.4 Å². The van der Waals surface area contributed by atoms with Crippen LogP contribution in [0.3, 0.4) is 0 Å². The molecular weight excluding hydrogens is 212 g/mol. The van der Waals surface area contributed by atoms with Crippen molar-refractivity contribution in [2.24, 2.45) is 0 Å². The van der Waals surface area contributed by atoms with Crippen LogP contribution in [0.4, 0.5) is 0 Å². The molecule has 0 saturated carbocycles. The molecule has 0 aromatic rings. The molecule has 0 aromatic heterocycles. The Bertz CT molecular complexity index is 247. The lowest BCUT2D eigenvalue weighted by atomic mass is 10.1. The van der Waals surface area contributed by atoms with Crippen LogP contribution in [0.5, 0.6) is 0 Å². The Morgan fingerprint density at radius 2 is 1.62 bits per heavy atom. The van der Waals surface area contributed by atoms with Gasteiger partial charge in [0.2, 0.25) is 0 Å². The zero-order valence-electron chi connectivity index (χ0n) is 9.78. The van der Waals surface area contributed by atoms with Gasteiger partial charge in [0, 0.05) is 12.8 Å². The summed E-state index contributed by atoms with van der Waals surface area (Å²) < 4.78 is 9.10. The minimum atomic E-state index is -0.486. The number of esters is 2. The molecule has 5 nitrogen and oxygen atoms in total. The van der Waals surface area contributed by atoms with Gasteiger partial charge in [-0.05, 0) is 19.8 Å². The summed E-state index contributed by atoms with van der Waals surface area (Å²) >= 11 is 0. The summed E-state index contributed by atoms with van der Waals surface area (Å²) in [6, 6.07) is 0. The molecule has 0 radical (unpaired) electrons. The first-order valence-corrected chi connectivity index (χ1v) is 5.34. The zero-order valence-corrected chi connectivity index (χ0v) is 9.78. The number of hydrogen-bond acceptors (Lipinski definition) is 5. The Morgan fingerprint density at radius 1 is 1.00 bits per heavy atom. The first-order valence-electron chi connectivity index (χ1n) is 5.34. The average Bonchev–Trinajstić information content (AvgIpc) is 2.24. The third kappa shape index (κ3) is 7.96. The number of ketones is 1. The van der Waals surface area contributed by atoms with E-state index in [0.29, 0.717) is 25.7 Å². The maximum absolute atomic E-state index is 11.2. The van der Waals surface area contributed by atoms with Crippen LogP contribution >= 0.6 is 0 Å². The number of ether oxygens (including phenoxy) is 2. The normalized spacial score (nSPS) is 9.62. The third-order valence-electron chi connectivity index (χ3n) is 1.96. The number of hydrogen-bond donors (Lipinski definition) is 0. The van der Waals surface area contributed by atoms with Gasteiger partial charge in [0.1, 0.15) is 12.2 Å². The van der Waals surface area contributed by atoms with Gasteiger partial charge in [-0.3, -0.25) is 14.4 Å². The molecule has 0 bridgehead atoms. The molecule has 0 aliphatic heterocycles. The highest BCUT2D eigenvalue weighted by atomic mass is 16.5. The largest absolute Gasteiger partial charge is 0.469 e. The van der Waals surface area contributed by atoms with Gasteiger partial charge < -0.3 is 9.47 Å². The first kappa shape index (κ1) is 14.6. The molecule has 16 heavy (non-hydrogen) atoms. The molecule has 0 aliphatic carbocycles. The fourth-order valence-electron chi connectivity index (χ4n) is 1.15. The molecule has 0 amide bonds. The van der Waals surface area contributed by atoms with Crippen molar-refractivity contribution in [1.29, 1.82) is 0 Å². The van der Waals surface area contributed by atoms with Crippen LogP contribution in [0, 0.1) is 0 Å². The maximum Gasteiger partial charge on any atom is 0.313 e. The summed E-state index contributed by atoms with van der Waals surface area (Å²) in [4.78, 5) is 32.9. The fourth-order valence-corrected chi connectivity index (χ4v) is 1.15. The van der Waals surface area contributed by atoms with Crippen LogP contribution < -0.4 is 0 Å². The second-order valence-electron chi connectivity index (χ2n) is 3.30. The van der Waals surface area contributed by atoms with Gasteiger partial charge in [-0.15, -0.1) is 0 Å². The van der Waals surface area contributed by atoms with E-state index in [1.54, 1.807) is 6.92 Å². The highest BCUT2D eigenvalue weighted by Gasteiger charge is 2.10. The molecule has 0 N–H and O–H groups in total. The number of carbonyl (C=O) groups excluding carboxylic acids is 3. The Morgan fingerprint density at radius 3 is 2.19 bits per heavy atom. The van der Waals surface area contributed by atoms with Crippen molar-refractivity contribution in [3.63, 3.8) is 0 Å². The summed E-state index contributed by atoms with van der Waals surface area (Å²) in [7, 11) is 1.33. The molecule has 0 aliphatic rings. The lowest BCUT2D eigenvalue weighted by Gasteiger charge is -2.01. The predicted molar refractivity (Wildman–Crippen MR) is 56.7 cm³/mol. The molecule has 0 fully saturated rings. The second-order valence-corrected chi connectivity index (χ2v) is 3.30. The van der Waals surface area contributed by atoms with Gasteiger partial charge in [0.25, 0.3) is 0 Å². The van der Waals surface area contributed by atoms with Crippen molar-refractivity contribution in [3.8, 4) is 0 Å². The smallest absolute Gasteiger partial charge is 0.313 e. The Labute approximate surface area is 95.1 Å². The van der Waals surface area contributed by atoms with Crippen molar-refractivity contribution in [3.05, 3.63) is 0 Å². The van der Waals surface area contributed by atoms with E-state index >= 15 is 0 Å². The van der Waals surface area contributed by atoms with Gasteiger partial charge in [-0.25, -0.2) is 0 Å². The van der Waals surface area contributed by atoms with Crippen molar-refractivity contribution in [2.45, 2.75) is 39.0 Å². The molecule has 0 heterocycles. The highest BCUT2D eigenvalue weighted by molar-refractivity contribution is 5.95. The van der Waals surface area contributed by atoms with Gasteiger partial charge in [0.15, 0.2) is 0 Å². The lowest BCUT2D eigenvalue weighted by molar-refractivity contribution is -0.146. The van der Waals surface area contributed by atoms with Crippen molar-refractivity contribution in [1.82, 2.24) is 0 Å². The first-order chi connectivity index (χ1) is 7.60. The van der Waals surface area contributed by atoms with Gasteiger partial charge in [-0.1, -0.05) is 0 Å². The van der Waals surface area contributed by atoms with Crippen LogP contribution in [-0.2, 0) is 23.9 Å². The molecular formula is C11H18O5. The standard InChI is InChI=1S/C11H18O5/c1-3-16-11(14)8-9(12)6-4-5-7-10(13)15-2/h3-8H2,1-2H3. The van der Waals surface area contributed by atoms with Crippen molar-refractivity contribution in [2.75, 3.05) is 13.7 Å². The lowest BCUT2D eigenvalue weighted by Crippen LogP contribution is -2.11. The number of Topliss-reactive ketones (excluding diaryl/α,β-unsaturated/α-hetero) is 1. The fraction of sp³-hybridized carbons (Fsp3) is 0.727. The highest BCUT2D eigenvalue weighted by Crippen LogP contribution is 2.04. The van der Waals surface area contributed by atoms with E-state index in [1.165, 1.54) is 7.11 Å². The van der Waals surface area contributed by atoms with Crippen molar-refractivity contribution < 1.29 is 23.9 Å². The van der Waals surface area contributed by atoms with Crippen LogP contribution in [0.15, 0.2) is 0 Å². The third-order valence-corrected chi connectivity index (χ3v) is 1.96. The Kier molecular flexibility index (Phi) is 8.11. The average molecular weight is 230 g/mol. The zero-order chi connectivity index (χ0) is 12.4. The summed E-state index contributed by atoms with van der Waals surface area (Å²) in [6.45, 7) is 1.98. The van der Waals surface area contributed by atoms with E-state index in [2.05, 4.69) is 9.47 Å². The maximum atomic E-state index is 11.2. The second kappa shape index (κ2) is 8.88. The number of unbranched alkanes of at least 4 members (excludes halogenated alkanes) is 1. The van der Waals surface area contributed by atoms with E-state index < -0.39 is 5.97 Å². The van der Waals surface area contributed by atoms with E-state index in [9.17, 15) is 14.4 Å². The number of carbonyl (C=O) groups is 3. The van der Waals surface area contributed by atoms with Gasteiger partial charge >= 0.3 is 11.9 Å². The molecule has 92 valence electrons. The minimum Gasteiger partial charge on any atom is -0.469 e.